The van der Waals surface area contributed by atoms with Gasteiger partial charge in [-0.3, -0.25) is 9.59 Å². The minimum Gasteiger partial charge on any atom is -0.494 e. The first-order chi connectivity index (χ1) is 11.0. The topological polar surface area (TPSA) is 84.7 Å². The summed E-state index contributed by atoms with van der Waals surface area (Å²) in [4.78, 5) is 25.0. The summed E-state index contributed by atoms with van der Waals surface area (Å²) >= 11 is 0. The van der Waals surface area contributed by atoms with E-state index in [9.17, 15) is 9.59 Å². The smallest absolute Gasteiger partial charge is 0.224 e. The molecule has 0 aliphatic carbocycles. The van der Waals surface area contributed by atoms with Gasteiger partial charge in [0.15, 0.2) is 0 Å². The van der Waals surface area contributed by atoms with Gasteiger partial charge in [-0.25, -0.2) is 0 Å². The molecule has 2 rings (SSSR count). The van der Waals surface area contributed by atoms with Gasteiger partial charge in [0, 0.05) is 38.2 Å². The van der Waals surface area contributed by atoms with Crippen molar-refractivity contribution in [2.75, 3.05) is 25.5 Å². The van der Waals surface area contributed by atoms with Crippen LogP contribution >= 0.6 is 0 Å². The van der Waals surface area contributed by atoms with Crippen LogP contribution in [0.4, 0.5) is 5.69 Å². The Morgan fingerprint density at radius 3 is 2.96 bits per heavy atom. The van der Waals surface area contributed by atoms with Crippen LogP contribution in [0.25, 0.3) is 0 Å². The maximum atomic E-state index is 12.0. The highest BCUT2D eigenvalue weighted by Gasteiger charge is 2.16. The first kappa shape index (κ1) is 17.3. The van der Waals surface area contributed by atoms with Crippen molar-refractivity contribution in [3.8, 4) is 5.75 Å². The number of aryl methyl sites for hydroxylation is 1. The van der Waals surface area contributed by atoms with Gasteiger partial charge < -0.3 is 20.7 Å². The van der Waals surface area contributed by atoms with Crippen molar-refractivity contribution in [1.29, 1.82) is 0 Å². The Morgan fingerprint density at radius 1 is 1.43 bits per heavy atom. The lowest BCUT2D eigenvalue weighted by Gasteiger charge is -2.23. The van der Waals surface area contributed by atoms with Crippen LogP contribution in [0.1, 0.15) is 31.7 Å². The van der Waals surface area contributed by atoms with E-state index in [4.69, 9.17) is 10.5 Å². The number of benzene rings is 1. The number of nitrogens with zero attached hydrogens (tertiary/aromatic N) is 1. The number of likely N-dealkylation sites (N-methyl/N-ethyl adjacent to an activating group) is 1. The van der Waals surface area contributed by atoms with Gasteiger partial charge in [0.2, 0.25) is 11.8 Å². The molecule has 0 spiro atoms. The number of fused-ring (bicyclic) bond motifs is 1. The van der Waals surface area contributed by atoms with Gasteiger partial charge >= 0.3 is 0 Å². The number of carbonyl (C=O) groups excluding carboxylic acids is 2. The molecule has 1 aromatic carbocycles. The van der Waals surface area contributed by atoms with E-state index in [1.165, 1.54) is 0 Å². The maximum absolute atomic E-state index is 12.0. The molecule has 0 saturated heterocycles. The van der Waals surface area contributed by atoms with E-state index >= 15 is 0 Å². The van der Waals surface area contributed by atoms with Crippen molar-refractivity contribution in [2.45, 2.75) is 38.6 Å². The number of carbonyl (C=O) groups is 2. The number of ether oxygens (including phenoxy) is 1. The predicted molar refractivity (Wildman–Crippen MR) is 89.4 cm³/mol. The van der Waals surface area contributed by atoms with Crippen LogP contribution in [0.2, 0.25) is 0 Å². The highest BCUT2D eigenvalue weighted by molar-refractivity contribution is 5.94. The first-order valence-electron chi connectivity index (χ1n) is 8.02. The Balaban J connectivity index is 1.77. The SMILES string of the molecule is CC(CN)N(C)C(=O)CCCOc1ccc2c(c1)CCC(=O)N2. The van der Waals surface area contributed by atoms with Gasteiger partial charge in [0.1, 0.15) is 5.75 Å². The van der Waals surface area contributed by atoms with Crippen molar-refractivity contribution in [3.05, 3.63) is 23.8 Å². The van der Waals surface area contributed by atoms with Crippen LogP contribution < -0.4 is 15.8 Å². The fraction of sp³-hybridized carbons (Fsp3) is 0.529. The zero-order valence-corrected chi connectivity index (χ0v) is 13.8. The largest absolute Gasteiger partial charge is 0.494 e. The molecule has 1 aliphatic heterocycles. The van der Waals surface area contributed by atoms with E-state index in [0.29, 0.717) is 32.4 Å². The molecule has 2 amide bonds. The molecular formula is C17H25N3O3. The average molecular weight is 319 g/mol. The van der Waals surface area contributed by atoms with E-state index in [1.807, 2.05) is 25.1 Å². The molecule has 1 atom stereocenters. The monoisotopic (exact) mass is 319 g/mol. The maximum Gasteiger partial charge on any atom is 0.224 e. The van der Waals surface area contributed by atoms with Crippen LogP contribution in [0, 0.1) is 0 Å². The first-order valence-corrected chi connectivity index (χ1v) is 8.02. The third-order valence-electron chi connectivity index (χ3n) is 4.17. The summed E-state index contributed by atoms with van der Waals surface area (Å²) in [6.45, 7) is 2.88. The molecule has 1 aromatic rings. The van der Waals surface area contributed by atoms with E-state index in [-0.39, 0.29) is 17.9 Å². The van der Waals surface area contributed by atoms with E-state index < -0.39 is 0 Å². The van der Waals surface area contributed by atoms with Crippen molar-refractivity contribution >= 4 is 17.5 Å². The summed E-state index contributed by atoms with van der Waals surface area (Å²) in [7, 11) is 1.78. The number of rotatable bonds is 7. The Hall–Kier alpha value is -2.08. The molecule has 0 aromatic heterocycles. The number of hydrogen-bond acceptors (Lipinski definition) is 4. The van der Waals surface area contributed by atoms with Crippen LogP contribution in [0.5, 0.6) is 5.75 Å². The molecule has 0 saturated carbocycles. The normalized spacial score (nSPS) is 14.7. The minimum absolute atomic E-state index is 0.0549. The highest BCUT2D eigenvalue weighted by atomic mass is 16.5. The van der Waals surface area contributed by atoms with E-state index in [1.54, 1.807) is 11.9 Å². The molecule has 1 unspecified atom stereocenters. The van der Waals surface area contributed by atoms with Gasteiger partial charge in [0.05, 0.1) is 6.61 Å². The second-order valence-corrected chi connectivity index (χ2v) is 5.91. The van der Waals surface area contributed by atoms with Crippen molar-refractivity contribution in [3.63, 3.8) is 0 Å². The second kappa shape index (κ2) is 7.97. The summed E-state index contributed by atoms with van der Waals surface area (Å²) in [5, 5.41) is 2.84. The predicted octanol–water partition coefficient (Wildman–Crippen LogP) is 1.54. The minimum atomic E-state index is 0.0549. The highest BCUT2D eigenvalue weighted by Crippen LogP contribution is 2.26. The Kier molecular flexibility index (Phi) is 5.98. The fourth-order valence-corrected chi connectivity index (χ4v) is 2.44. The Labute approximate surface area is 137 Å². The van der Waals surface area contributed by atoms with Gasteiger partial charge in [-0.2, -0.15) is 0 Å². The van der Waals surface area contributed by atoms with Gasteiger partial charge in [-0.15, -0.1) is 0 Å². The van der Waals surface area contributed by atoms with Gasteiger partial charge in [-0.1, -0.05) is 0 Å². The molecule has 0 fully saturated rings. The fourth-order valence-electron chi connectivity index (χ4n) is 2.44. The van der Waals surface area contributed by atoms with Crippen molar-refractivity contribution < 1.29 is 14.3 Å². The second-order valence-electron chi connectivity index (χ2n) is 5.91. The summed E-state index contributed by atoms with van der Waals surface area (Å²) in [6.07, 6.45) is 2.35. The lowest BCUT2D eigenvalue weighted by atomic mass is 10.0. The van der Waals surface area contributed by atoms with E-state index in [2.05, 4.69) is 5.32 Å². The standard InChI is InChI=1S/C17H25N3O3/c1-12(11-18)20(2)17(22)4-3-9-23-14-6-7-15-13(10-14)5-8-16(21)19-15/h6-7,10,12H,3-5,8-9,11,18H2,1-2H3,(H,19,21). The van der Waals surface area contributed by atoms with Crippen LogP contribution in [0.3, 0.4) is 0 Å². The molecule has 1 aliphatic rings. The quantitative estimate of drug-likeness (QED) is 0.747. The van der Waals surface area contributed by atoms with E-state index in [0.717, 1.165) is 23.4 Å². The third-order valence-corrected chi connectivity index (χ3v) is 4.17. The molecule has 6 heteroatoms. The molecular weight excluding hydrogens is 294 g/mol. The Bertz CT molecular complexity index is 574. The summed E-state index contributed by atoms with van der Waals surface area (Å²) < 4.78 is 5.71. The number of nitrogens with one attached hydrogen (secondary N) is 1. The number of amides is 2. The number of nitrogens with two attached hydrogens (primary N) is 1. The summed E-state index contributed by atoms with van der Waals surface area (Å²) in [5.41, 5.74) is 7.52. The van der Waals surface area contributed by atoms with Crippen LogP contribution in [-0.2, 0) is 16.0 Å². The third kappa shape index (κ3) is 4.69. The average Bonchev–Trinajstić information content (AvgIpc) is 2.57. The molecule has 3 N–H and O–H groups in total. The molecule has 23 heavy (non-hydrogen) atoms. The zero-order chi connectivity index (χ0) is 16.8. The van der Waals surface area contributed by atoms with Gasteiger partial charge in [-0.05, 0) is 43.5 Å². The Morgan fingerprint density at radius 2 is 2.22 bits per heavy atom. The number of hydrogen-bond donors (Lipinski definition) is 2. The van der Waals surface area contributed by atoms with Crippen LogP contribution in [-0.4, -0.2) is 43.0 Å². The van der Waals surface area contributed by atoms with Crippen LogP contribution in [0.15, 0.2) is 18.2 Å². The lowest BCUT2D eigenvalue weighted by molar-refractivity contribution is -0.131. The number of anilines is 1. The molecule has 0 radical (unpaired) electrons. The van der Waals surface area contributed by atoms with Crippen molar-refractivity contribution in [2.24, 2.45) is 5.73 Å². The molecule has 0 bridgehead atoms. The molecule has 1 heterocycles. The molecule has 126 valence electrons. The molecule has 6 nitrogen and oxygen atoms in total. The zero-order valence-electron chi connectivity index (χ0n) is 13.8. The van der Waals surface area contributed by atoms with Gasteiger partial charge in [0.25, 0.3) is 0 Å². The lowest BCUT2D eigenvalue weighted by Crippen LogP contribution is -2.39. The summed E-state index contributed by atoms with van der Waals surface area (Å²) in [6, 6.07) is 5.72. The summed E-state index contributed by atoms with van der Waals surface area (Å²) in [5.74, 6) is 0.913. The van der Waals surface area contributed by atoms with Crippen molar-refractivity contribution in [1.82, 2.24) is 4.90 Å².